The number of benzene rings is 2. The third kappa shape index (κ3) is 3.80. The molecule has 0 fully saturated rings. The van der Waals surface area contributed by atoms with Crippen LogP contribution in [0.1, 0.15) is 10.4 Å². The van der Waals surface area contributed by atoms with E-state index in [2.05, 4.69) is 11.9 Å². The number of nitrogens with one attached hydrogen (secondary N) is 1. The maximum atomic E-state index is 12.4. The van der Waals surface area contributed by atoms with Crippen LogP contribution in [-0.4, -0.2) is 11.7 Å². The van der Waals surface area contributed by atoms with Crippen molar-refractivity contribution in [2.45, 2.75) is 4.90 Å². The van der Waals surface area contributed by atoms with Gasteiger partial charge in [0, 0.05) is 16.3 Å². The molecule has 0 bridgehead atoms. The Balaban J connectivity index is 2.26. The molecule has 108 valence electrons. The minimum Gasteiger partial charge on any atom is -0.398 e. The van der Waals surface area contributed by atoms with Crippen molar-refractivity contribution in [1.82, 2.24) is 0 Å². The van der Waals surface area contributed by atoms with Crippen LogP contribution < -0.4 is 11.1 Å². The Bertz CT molecular complexity index is 653. The molecular formula is C16H15ClN2OS. The third-order valence-corrected chi connectivity index (χ3v) is 4.15. The molecule has 0 radical (unpaired) electrons. The van der Waals surface area contributed by atoms with Gasteiger partial charge in [0.25, 0.3) is 5.91 Å². The van der Waals surface area contributed by atoms with Crippen molar-refractivity contribution < 1.29 is 4.79 Å². The summed E-state index contributed by atoms with van der Waals surface area (Å²) >= 11 is 7.65. The molecule has 5 heteroatoms. The van der Waals surface area contributed by atoms with Gasteiger partial charge < -0.3 is 11.1 Å². The van der Waals surface area contributed by atoms with Crippen LogP contribution in [0, 0.1) is 0 Å². The van der Waals surface area contributed by atoms with Crippen LogP contribution in [0.2, 0.25) is 5.02 Å². The number of halogens is 1. The number of hydrogen-bond donors (Lipinski definition) is 2. The second-order valence-electron chi connectivity index (χ2n) is 4.25. The number of para-hydroxylation sites is 1. The highest BCUT2D eigenvalue weighted by molar-refractivity contribution is 7.99. The summed E-state index contributed by atoms with van der Waals surface area (Å²) in [7, 11) is 0. The van der Waals surface area contributed by atoms with Crippen molar-refractivity contribution in [3.05, 3.63) is 65.7 Å². The molecule has 2 aromatic rings. The Morgan fingerprint density at radius 2 is 2.05 bits per heavy atom. The van der Waals surface area contributed by atoms with Crippen LogP contribution in [0.3, 0.4) is 0 Å². The number of carbonyl (C=O) groups is 1. The molecule has 0 spiro atoms. The summed E-state index contributed by atoms with van der Waals surface area (Å²) in [6.45, 7) is 3.69. The first-order valence-corrected chi connectivity index (χ1v) is 7.68. The number of nitrogen functional groups attached to an aromatic ring is 1. The zero-order valence-corrected chi connectivity index (χ0v) is 12.9. The monoisotopic (exact) mass is 318 g/mol. The zero-order chi connectivity index (χ0) is 15.2. The predicted octanol–water partition coefficient (Wildman–Crippen LogP) is 4.45. The van der Waals surface area contributed by atoms with Gasteiger partial charge in [0.2, 0.25) is 0 Å². The van der Waals surface area contributed by atoms with E-state index >= 15 is 0 Å². The standard InChI is InChI=1S/C16H15ClN2OS/c1-2-10-21-14-9-4-3-8-13(14)19-16(20)15-11(17)6-5-7-12(15)18/h2-9H,1,10,18H2,(H,19,20). The van der Waals surface area contributed by atoms with E-state index in [-0.39, 0.29) is 5.91 Å². The number of nitrogens with two attached hydrogens (primary N) is 1. The highest BCUT2D eigenvalue weighted by atomic mass is 35.5. The minimum atomic E-state index is -0.315. The van der Waals surface area contributed by atoms with E-state index in [4.69, 9.17) is 17.3 Å². The minimum absolute atomic E-state index is 0.294. The molecule has 0 saturated carbocycles. The summed E-state index contributed by atoms with van der Waals surface area (Å²) in [6.07, 6.45) is 1.81. The molecule has 0 saturated heterocycles. The van der Waals surface area contributed by atoms with Crippen molar-refractivity contribution in [3.63, 3.8) is 0 Å². The average Bonchev–Trinajstić information content (AvgIpc) is 2.46. The first kappa shape index (κ1) is 15.5. The lowest BCUT2D eigenvalue weighted by atomic mass is 10.1. The van der Waals surface area contributed by atoms with Gasteiger partial charge in [-0.25, -0.2) is 0 Å². The smallest absolute Gasteiger partial charge is 0.259 e. The van der Waals surface area contributed by atoms with E-state index in [1.807, 2.05) is 30.3 Å². The number of amides is 1. The van der Waals surface area contributed by atoms with Gasteiger partial charge in [-0.2, -0.15) is 0 Å². The van der Waals surface area contributed by atoms with E-state index in [0.29, 0.717) is 16.3 Å². The molecule has 0 heterocycles. The van der Waals surface area contributed by atoms with Crippen LogP contribution in [0.5, 0.6) is 0 Å². The van der Waals surface area contributed by atoms with Crippen molar-refractivity contribution in [3.8, 4) is 0 Å². The second kappa shape index (κ2) is 7.20. The molecule has 1 amide bonds. The molecule has 0 atom stereocenters. The SMILES string of the molecule is C=CCSc1ccccc1NC(=O)c1c(N)cccc1Cl. The van der Waals surface area contributed by atoms with Crippen LogP contribution in [-0.2, 0) is 0 Å². The lowest BCUT2D eigenvalue weighted by molar-refractivity contribution is 0.102. The lowest BCUT2D eigenvalue weighted by Crippen LogP contribution is -2.15. The molecule has 21 heavy (non-hydrogen) atoms. The fraction of sp³-hybridized carbons (Fsp3) is 0.0625. The van der Waals surface area contributed by atoms with E-state index < -0.39 is 0 Å². The Hall–Kier alpha value is -1.91. The molecule has 0 unspecified atom stereocenters. The summed E-state index contributed by atoms with van der Waals surface area (Å²) < 4.78 is 0. The topological polar surface area (TPSA) is 55.1 Å². The predicted molar refractivity (Wildman–Crippen MR) is 91.2 cm³/mol. The maximum absolute atomic E-state index is 12.4. The van der Waals surface area contributed by atoms with Crippen molar-refractivity contribution in [2.24, 2.45) is 0 Å². The second-order valence-corrected chi connectivity index (χ2v) is 5.72. The van der Waals surface area contributed by atoms with E-state index in [9.17, 15) is 4.79 Å². The molecule has 2 aromatic carbocycles. The van der Waals surface area contributed by atoms with Gasteiger partial charge in [-0.1, -0.05) is 35.9 Å². The number of carbonyl (C=O) groups excluding carboxylic acids is 1. The average molecular weight is 319 g/mol. The highest BCUT2D eigenvalue weighted by Gasteiger charge is 2.15. The van der Waals surface area contributed by atoms with Gasteiger partial charge >= 0.3 is 0 Å². The van der Waals surface area contributed by atoms with Crippen LogP contribution in [0.4, 0.5) is 11.4 Å². The maximum Gasteiger partial charge on any atom is 0.259 e. The molecule has 0 aromatic heterocycles. The molecule has 3 N–H and O–H groups in total. The largest absolute Gasteiger partial charge is 0.398 e. The van der Waals surface area contributed by atoms with Crippen LogP contribution in [0.15, 0.2) is 60.0 Å². The molecule has 0 aliphatic rings. The molecule has 2 rings (SSSR count). The van der Waals surface area contributed by atoms with Gasteiger partial charge in [-0.15, -0.1) is 18.3 Å². The van der Waals surface area contributed by atoms with E-state index in [0.717, 1.165) is 16.3 Å². The van der Waals surface area contributed by atoms with Gasteiger partial charge in [0.05, 0.1) is 16.3 Å². The lowest BCUT2D eigenvalue weighted by Gasteiger charge is -2.12. The summed E-state index contributed by atoms with van der Waals surface area (Å²) in [5.74, 6) is 0.450. The van der Waals surface area contributed by atoms with Crippen molar-refractivity contribution >= 4 is 40.6 Å². The zero-order valence-electron chi connectivity index (χ0n) is 11.3. The number of rotatable bonds is 5. The molecular weight excluding hydrogens is 304 g/mol. The normalized spacial score (nSPS) is 10.1. The first-order valence-electron chi connectivity index (χ1n) is 6.31. The molecule has 0 aliphatic carbocycles. The van der Waals surface area contributed by atoms with E-state index in [1.165, 1.54) is 0 Å². The summed E-state index contributed by atoms with van der Waals surface area (Å²) in [5, 5.41) is 3.20. The first-order chi connectivity index (χ1) is 10.1. The number of hydrogen-bond acceptors (Lipinski definition) is 3. The quantitative estimate of drug-likeness (QED) is 0.486. The van der Waals surface area contributed by atoms with Gasteiger partial charge in [0.15, 0.2) is 0 Å². The fourth-order valence-corrected chi connectivity index (χ4v) is 2.82. The van der Waals surface area contributed by atoms with Crippen LogP contribution in [0.25, 0.3) is 0 Å². The fourth-order valence-electron chi connectivity index (χ4n) is 1.81. The molecule has 0 aliphatic heterocycles. The highest BCUT2D eigenvalue weighted by Crippen LogP contribution is 2.29. The summed E-state index contributed by atoms with van der Waals surface area (Å²) in [6, 6.07) is 12.6. The number of anilines is 2. The Morgan fingerprint density at radius 3 is 2.76 bits per heavy atom. The molecule has 3 nitrogen and oxygen atoms in total. The Kier molecular flexibility index (Phi) is 5.31. The van der Waals surface area contributed by atoms with Crippen molar-refractivity contribution in [1.29, 1.82) is 0 Å². The van der Waals surface area contributed by atoms with Gasteiger partial charge in [-0.05, 0) is 24.3 Å². The van der Waals surface area contributed by atoms with E-state index in [1.54, 1.807) is 30.0 Å². The van der Waals surface area contributed by atoms with Gasteiger partial charge in [0.1, 0.15) is 0 Å². The van der Waals surface area contributed by atoms with Crippen molar-refractivity contribution in [2.75, 3.05) is 16.8 Å². The third-order valence-electron chi connectivity index (χ3n) is 2.76. The Morgan fingerprint density at radius 1 is 1.29 bits per heavy atom. The Labute approximate surface area is 133 Å². The summed E-state index contributed by atoms with van der Waals surface area (Å²) in [4.78, 5) is 13.3. The van der Waals surface area contributed by atoms with Gasteiger partial charge in [-0.3, -0.25) is 4.79 Å². The summed E-state index contributed by atoms with van der Waals surface area (Å²) in [5.41, 5.74) is 7.21. The van der Waals surface area contributed by atoms with Crippen LogP contribution >= 0.6 is 23.4 Å². The number of thioether (sulfide) groups is 1.